The Morgan fingerprint density at radius 3 is 2.84 bits per heavy atom. The molecule has 0 aliphatic carbocycles. The molecule has 1 aromatic rings. The lowest BCUT2D eigenvalue weighted by atomic mass is 10.2. The molecule has 98 valence electrons. The smallest absolute Gasteiger partial charge is 0.341 e. The van der Waals surface area contributed by atoms with E-state index in [9.17, 15) is 9.59 Å². The van der Waals surface area contributed by atoms with Crippen molar-refractivity contribution in [3.8, 4) is 11.5 Å². The van der Waals surface area contributed by atoms with Gasteiger partial charge in [0.1, 0.15) is 0 Å². The molecule has 0 spiro atoms. The molecule has 1 atom stereocenters. The van der Waals surface area contributed by atoms with Crippen molar-refractivity contribution in [3.63, 3.8) is 0 Å². The highest BCUT2D eigenvalue weighted by Gasteiger charge is 2.26. The van der Waals surface area contributed by atoms with Crippen LogP contribution in [0.15, 0.2) is 29.8 Å². The van der Waals surface area contributed by atoms with Gasteiger partial charge in [-0.25, -0.2) is 9.59 Å². The van der Waals surface area contributed by atoms with Crippen molar-refractivity contribution >= 4 is 11.9 Å². The maximum atomic E-state index is 11.9. The standard InChI is InChI=1S/C13H10O6/c1-7-4-11(18-12(7)14)19-13(15)8-2-3-9-10(5-8)17-6-16-9/h2-5,11H,6H2,1H3/t11-/m0/s1. The largest absolute Gasteiger partial charge is 0.454 e. The third kappa shape index (κ3) is 2.12. The Morgan fingerprint density at radius 2 is 2.11 bits per heavy atom. The van der Waals surface area contributed by atoms with E-state index in [0.29, 0.717) is 22.6 Å². The lowest BCUT2D eigenvalue weighted by molar-refractivity contribution is -0.151. The molecule has 0 saturated heterocycles. The van der Waals surface area contributed by atoms with Gasteiger partial charge in [0.2, 0.25) is 6.79 Å². The van der Waals surface area contributed by atoms with E-state index in [1.165, 1.54) is 12.1 Å². The summed E-state index contributed by atoms with van der Waals surface area (Å²) in [5.41, 5.74) is 0.724. The van der Waals surface area contributed by atoms with E-state index in [1.54, 1.807) is 19.1 Å². The van der Waals surface area contributed by atoms with E-state index in [4.69, 9.17) is 18.9 Å². The third-order valence-electron chi connectivity index (χ3n) is 2.76. The summed E-state index contributed by atoms with van der Waals surface area (Å²) in [4.78, 5) is 23.0. The normalized spacial score (nSPS) is 19.9. The van der Waals surface area contributed by atoms with Crippen LogP contribution in [0, 0.1) is 0 Å². The van der Waals surface area contributed by atoms with Crippen LogP contribution < -0.4 is 9.47 Å². The minimum Gasteiger partial charge on any atom is -0.454 e. The molecule has 0 N–H and O–H groups in total. The Kier molecular flexibility index (Phi) is 2.63. The van der Waals surface area contributed by atoms with Crippen LogP contribution in [0.5, 0.6) is 11.5 Å². The van der Waals surface area contributed by atoms with Gasteiger partial charge in [0.25, 0.3) is 6.29 Å². The predicted octanol–water partition coefficient (Wildman–Crippen LogP) is 1.40. The Balaban J connectivity index is 1.73. The molecule has 6 heteroatoms. The minimum absolute atomic E-state index is 0.135. The molecule has 2 aliphatic heterocycles. The molecule has 2 heterocycles. The topological polar surface area (TPSA) is 71.1 Å². The molecule has 0 radical (unpaired) electrons. The molecule has 6 nitrogen and oxygen atoms in total. The Labute approximate surface area is 108 Å². The number of rotatable bonds is 2. The average molecular weight is 262 g/mol. The van der Waals surface area contributed by atoms with Crippen molar-refractivity contribution in [1.82, 2.24) is 0 Å². The second-order valence-electron chi connectivity index (χ2n) is 4.10. The van der Waals surface area contributed by atoms with Crippen molar-refractivity contribution in [2.75, 3.05) is 6.79 Å². The Bertz CT molecular complexity index is 589. The van der Waals surface area contributed by atoms with Crippen molar-refractivity contribution in [2.45, 2.75) is 13.2 Å². The number of esters is 2. The number of hydrogen-bond donors (Lipinski definition) is 0. The van der Waals surface area contributed by atoms with Gasteiger partial charge in [0.15, 0.2) is 11.5 Å². The highest BCUT2D eigenvalue weighted by molar-refractivity contribution is 5.92. The summed E-state index contributed by atoms with van der Waals surface area (Å²) in [7, 11) is 0. The maximum absolute atomic E-state index is 11.9. The molecule has 1 aromatic carbocycles. The van der Waals surface area contributed by atoms with E-state index in [-0.39, 0.29) is 6.79 Å². The van der Waals surface area contributed by atoms with E-state index >= 15 is 0 Å². The van der Waals surface area contributed by atoms with Crippen LogP contribution in [-0.4, -0.2) is 25.0 Å². The van der Waals surface area contributed by atoms with Gasteiger partial charge in [0, 0.05) is 11.6 Å². The Morgan fingerprint density at radius 1 is 1.32 bits per heavy atom. The number of cyclic esters (lactones) is 1. The fourth-order valence-electron chi connectivity index (χ4n) is 1.76. The van der Waals surface area contributed by atoms with Gasteiger partial charge < -0.3 is 18.9 Å². The number of hydrogen-bond acceptors (Lipinski definition) is 6. The quantitative estimate of drug-likeness (QED) is 0.750. The van der Waals surface area contributed by atoms with Crippen LogP contribution >= 0.6 is 0 Å². The third-order valence-corrected chi connectivity index (χ3v) is 2.76. The zero-order valence-electron chi connectivity index (χ0n) is 10.0. The van der Waals surface area contributed by atoms with Crippen LogP contribution in [0.2, 0.25) is 0 Å². The van der Waals surface area contributed by atoms with Gasteiger partial charge in [-0.1, -0.05) is 0 Å². The van der Waals surface area contributed by atoms with Gasteiger partial charge >= 0.3 is 11.9 Å². The summed E-state index contributed by atoms with van der Waals surface area (Å²) in [6, 6.07) is 4.71. The highest BCUT2D eigenvalue weighted by atomic mass is 16.7. The SMILES string of the molecule is CC1=C[C@H](OC(=O)c2ccc3c(c2)OCO3)OC1=O. The van der Waals surface area contributed by atoms with Crippen molar-refractivity contribution in [3.05, 3.63) is 35.4 Å². The van der Waals surface area contributed by atoms with Crippen molar-refractivity contribution in [2.24, 2.45) is 0 Å². The molecule has 0 unspecified atom stereocenters. The monoisotopic (exact) mass is 262 g/mol. The Hall–Kier alpha value is -2.50. The van der Waals surface area contributed by atoms with E-state index < -0.39 is 18.2 Å². The van der Waals surface area contributed by atoms with E-state index in [1.807, 2.05) is 0 Å². The van der Waals surface area contributed by atoms with E-state index in [0.717, 1.165) is 0 Å². The first-order valence-corrected chi connectivity index (χ1v) is 5.63. The van der Waals surface area contributed by atoms with Crippen molar-refractivity contribution in [1.29, 1.82) is 0 Å². The zero-order valence-corrected chi connectivity index (χ0v) is 10.0. The van der Waals surface area contributed by atoms with Crippen LogP contribution in [0.4, 0.5) is 0 Å². The molecule has 0 bridgehead atoms. The van der Waals surface area contributed by atoms with Crippen LogP contribution in [0.1, 0.15) is 17.3 Å². The minimum atomic E-state index is -0.967. The molecule has 0 fully saturated rings. The van der Waals surface area contributed by atoms with Gasteiger partial charge in [-0.15, -0.1) is 0 Å². The summed E-state index contributed by atoms with van der Waals surface area (Å²) < 4.78 is 20.2. The number of ether oxygens (including phenoxy) is 4. The van der Waals surface area contributed by atoms with Crippen LogP contribution in [0.25, 0.3) is 0 Å². The van der Waals surface area contributed by atoms with Crippen LogP contribution in [-0.2, 0) is 14.3 Å². The predicted molar refractivity (Wildman–Crippen MR) is 61.6 cm³/mol. The fourth-order valence-corrected chi connectivity index (χ4v) is 1.76. The number of fused-ring (bicyclic) bond motifs is 1. The van der Waals surface area contributed by atoms with Crippen molar-refractivity contribution < 1.29 is 28.5 Å². The summed E-state index contributed by atoms with van der Waals surface area (Å²) in [5, 5.41) is 0. The second-order valence-corrected chi connectivity index (χ2v) is 4.10. The number of carbonyl (C=O) groups excluding carboxylic acids is 2. The molecule has 0 saturated carbocycles. The molecule has 0 amide bonds. The number of carbonyl (C=O) groups is 2. The second kappa shape index (κ2) is 4.31. The fraction of sp³-hybridized carbons (Fsp3) is 0.231. The molecule has 0 aromatic heterocycles. The summed E-state index contributed by atoms with van der Waals surface area (Å²) in [6.45, 7) is 1.73. The lowest BCUT2D eigenvalue weighted by Crippen LogP contribution is -2.17. The van der Waals surface area contributed by atoms with Gasteiger partial charge in [0.05, 0.1) is 5.56 Å². The van der Waals surface area contributed by atoms with Crippen LogP contribution in [0.3, 0.4) is 0 Å². The first kappa shape index (κ1) is 11.6. The van der Waals surface area contributed by atoms with Gasteiger partial charge in [-0.05, 0) is 25.1 Å². The maximum Gasteiger partial charge on any atom is 0.341 e. The van der Waals surface area contributed by atoms with Gasteiger partial charge in [-0.2, -0.15) is 0 Å². The number of benzene rings is 1. The molecular weight excluding hydrogens is 252 g/mol. The molecule has 19 heavy (non-hydrogen) atoms. The lowest BCUT2D eigenvalue weighted by Gasteiger charge is -2.10. The summed E-state index contributed by atoms with van der Waals surface area (Å²) in [6.07, 6.45) is 0.484. The first-order chi connectivity index (χ1) is 9.13. The molecule has 3 rings (SSSR count). The molecular formula is C13H10O6. The van der Waals surface area contributed by atoms with Gasteiger partial charge in [-0.3, -0.25) is 0 Å². The summed E-state index contributed by atoms with van der Waals surface area (Å²) in [5.74, 6) is -0.00490. The zero-order chi connectivity index (χ0) is 13.4. The molecule has 2 aliphatic rings. The average Bonchev–Trinajstić information content (AvgIpc) is 2.96. The highest BCUT2D eigenvalue weighted by Crippen LogP contribution is 2.32. The summed E-state index contributed by atoms with van der Waals surface area (Å²) >= 11 is 0. The van der Waals surface area contributed by atoms with E-state index in [2.05, 4.69) is 0 Å². The first-order valence-electron chi connectivity index (χ1n) is 5.63.